The first-order chi connectivity index (χ1) is 10.1. The number of rotatable bonds is 7. The summed E-state index contributed by atoms with van der Waals surface area (Å²) in [6, 6.07) is 0. The van der Waals surface area contributed by atoms with Gasteiger partial charge in [0.25, 0.3) is 0 Å². The van der Waals surface area contributed by atoms with Crippen LogP contribution >= 0.6 is 23.5 Å². The van der Waals surface area contributed by atoms with Gasteiger partial charge < -0.3 is 19.6 Å². The predicted molar refractivity (Wildman–Crippen MR) is 80.2 cm³/mol. The van der Waals surface area contributed by atoms with Crippen LogP contribution in [-0.4, -0.2) is 25.2 Å². The highest BCUT2D eigenvalue weighted by atomic mass is 31.3. The summed E-state index contributed by atoms with van der Waals surface area (Å²) in [6.45, 7) is 5.73. The Labute approximate surface area is 134 Å². The molecule has 0 spiro atoms. The number of hydrogen-bond donors (Lipinski definition) is 4. The van der Waals surface area contributed by atoms with E-state index in [0.29, 0.717) is 24.7 Å². The van der Waals surface area contributed by atoms with Crippen molar-refractivity contribution in [1.82, 2.24) is 0 Å². The maximum atomic E-state index is 11.9. The summed E-state index contributed by atoms with van der Waals surface area (Å²) < 4.78 is 46.1. The van der Waals surface area contributed by atoms with Crippen LogP contribution in [0.25, 0.3) is 0 Å². The molecule has 23 heavy (non-hydrogen) atoms. The lowest BCUT2D eigenvalue weighted by atomic mass is 9.75. The average Bonchev–Trinajstić information content (AvgIpc) is 2.21. The van der Waals surface area contributed by atoms with Crippen molar-refractivity contribution >= 4 is 23.5 Å². The van der Waals surface area contributed by atoms with Gasteiger partial charge >= 0.3 is 23.5 Å². The van der Waals surface area contributed by atoms with Crippen molar-refractivity contribution in [3.63, 3.8) is 0 Å². The van der Waals surface area contributed by atoms with Gasteiger partial charge in [-0.05, 0) is 44.4 Å². The van der Waals surface area contributed by atoms with Gasteiger partial charge in [-0.2, -0.15) is 8.62 Å². The molecule has 0 aromatic carbocycles. The van der Waals surface area contributed by atoms with Gasteiger partial charge in [-0.25, -0.2) is 13.7 Å². The molecule has 2 atom stereocenters. The van der Waals surface area contributed by atoms with Crippen LogP contribution in [0.2, 0.25) is 0 Å². The van der Waals surface area contributed by atoms with Crippen molar-refractivity contribution in [2.75, 3.05) is 0 Å². The van der Waals surface area contributed by atoms with Gasteiger partial charge in [0.1, 0.15) is 0 Å². The summed E-state index contributed by atoms with van der Waals surface area (Å²) in [5.74, 6) is 0.915. The Morgan fingerprint density at radius 2 is 1.43 bits per heavy atom. The Morgan fingerprint density at radius 3 is 1.83 bits per heavy atom. The van der Waals surface area contributed by atoms with Crippen molar-refractivity contribution < 1.29 is 46.4 Å². The molecule has 1 rings (SSSR count). The van der Waals surface area contributed by atoms with E-state index in [2.05, 4.69) is 22.5 Å². The predicted octanol–water partition coefficient (Wildman–Crippen LogP) is 2.93. The zero-order chi connectivity index (χ0) is 18.1. The summed E-state index contributed by atoms with van der Waals surface area (Å²) in [6.07, 6.45) is 2.39. The molecule has 1 aliphatic carbocycles. The topological polar surface area (TPSA) is 160 Å². The Bertz CT molecular complexity index is 547. The Morgan fingerprint density at radius 1 is 0.957 bits per heavy atom. The molecule has 1 fully saturated rings. The quantitative estimate of drug-likeness (QED) is 0.471. The second kappa shape index (κ2) is 7.34. The molecule has 10 nitrogen and oxygen atoms in total. The number of phosphoric ester groups is 1. The van der Waals surface area contributed by atoms with E-state index in [1.807, 2.05) is 0 Å². The van der Waals surface area contributed by atoms with Crippen LogP contribution in [0.1, 0.15) is 46.5 Å². The zero-order valence-corrected chi connectivity index (χ0v) is 15.7. The number of phosphoric acid groups is 3. The monoisotopic (exact) mass is 396 g/mol. The molecule has 13 heteroatoms. The minimum Gasteiger partial charge on any atom is -0.302 e. The van der Waals surface area contributed by atoms with Gasteiger partial charge in [-0.1, -0.05) is 13.8 Å². The maximum absolute atomic E-state index is 11.9. The third-order valence-corrected chi connectivity index (χ3v) is 7.78. The molecule has 1 saturated carbocycles. The van der Waals surface area contributed by atoms with E-state index >= 15 is 0 Å². The first-order valence-electron chi connectivity index (χ1n) is 6.98. The summed E-state index contributed by atoms with van der Waals surface area (Å²) in [5, 5.41) is 0. The normalized spacial score (nSPS) is 31.6. The van der Waals surface area contributed by atoms with E-state index in [9.17, 15) is 18.6 Å². The van der Waals surface area contributed by atoms with Crippen LogP contribution in [0.15, 0.2) is 0 Å². The number of hydrogen-bond acceptors (Lipinski definition) is 6. The Kier molecular flexibility index (Phi) is 6.85. The molecular weight excluding hydrogens is 373 g/mol. The second-order valence-electron chi connectivity index (χ2n) is 6.21. The van der Waals surface area contributed by atoms with Gasteiger partial charge in [-0.15, -0.1) is 0 Å². The van der Waals surface area contributed by atoms with Gasteiger partial charge in [-0.3, -0.25) is 4.52 Å². The summed E-state index contributed by atoms with van der Waals surface area (Å²) in [7, 11) is -15.9. The standard InChI is InChI=1S/C10H23O10P3/c1-8(2)9-4-6-10(3,7-5-9)18-22(14,15)20-23(16,17)19-21(11,12)13/h8-9H,4-7H2,1-3H3,(H,14,15)(H,16,17)(H2,11,12,13). The van der Waals surface area contributed by atoms with Crippen LogP contribution in [0.5, 0.6) is 0 Å². The zero-order valence-electron chi connectivity index (χ0n) is 13.1. The molecule has 0 heterocycles. The molecule has 0 saturated heterocycles. The average molecular weight is 396 g/mol. The van der Waals surface area contributed by atoms with Gasteiger partial charge in [0, 0.05) is 0 Å². The fourth-order valence-electron chi connectivity index (χ4n) is 2.58. The molecule has 2 unspecified atom stereocenters. The largest absolute Gasteiger partial charge is 0.490 e. The molecule has 1 aliphatic rings. The minimum atomic E-state index is -5.46. The highest BCUT2D eigenvalue weighted by molar-refractivity contribution is 7.66. The summed E-state index contributed by atoms with van der Waals surface area (Å²) in [5.41, 5.74) is -1.04. The fraction of sp³-hybridized carbons (Fsp3) is 1.00. The van der Waals surface area contributed by atoms with Gasteiger partial charge in [0.2, 0.25) is 0 Å². The van der Waals surface area contributed by atoms with Crippen LogP contribution in [-0.2, 0) is 26.8 Å². The van der Waals surface area contributed by atoms with Crippen molar-refractivity contribution in [1.29, 1.82) is 0 Å². The lowest BCUT2D eigenvalue weighted by Crippen LogP contribution is -2.34. The molecular formula is C10H23O10P3. The molecule has 138 valence electrons. The molecule has 0 radical (unpaired) electrons. The van der Waals surface area contributed by atoms with E-state index in [4.69, 9.17) is 19.2 Å². The van der Waals surface area contributed by atoms with Crippen LogP contribution in [0.4, 0.5) is 0 Å². The molecule has 0 aliphatic heterocycles. The summed E-state index contributed by atoms with van der Waals surface area (Å²) >= 11 is 0. The lowest BCUT2D eigenvalue weighted by Gasteiger charge is -2.38. The van der Waals surface area contributed by atoms with E-state index in [1.54, 1.807) is 6.92 Å². The Balaban J connectivity index is 2.70. The molecule has 0 aromatic rings. The lowest BCUT2D eigenvalue weighted by molar-refractivity contribution is 0.000922. The van der Waals surface area contributed by atoms with E-state index in [0.717, 1.165) is 12.8 Å². The van der Waals surface area contributed by atoms with Gasteiger partial charge in [0.15, 0.2) is 0 Å². The fourth-order valence-corrected chi connectivity index (χ4v) is 5.96. The van der Waals surface area contributed by atoms with Crippen molar-refractivity contribution in [3.8, 4) is 0 Å². The van der Waals surface area contributed by atoms with Crippen molar-refractivity contribution in [2.24, 2.45) is 11.8 Å². The van der Waals surface area contributed by atoms with Crippen molar-refractivity contribution in [2.45, 2.75) is 52.1 Å². The third-order valence-electron chi connectivity index (χ3n) is 3.78. The molecule has 0 aromatic heterocycles. The second-order valence-corrected chi connectivity index (χ2v) is 10.6. The Hall–Kier alpha value is 0.410. The van der Waals surface area contributed by atoms with E-state index in [1.165, 1.54) is 0 Å². The molecule has 0 amide bonds. The van der Waals surface area contributed by atoms with Crippen LogP contribution < -0.4 is 0 Å². The van der Waals surface area contributed by atoms with Crippen molar-refractivity contribution in [3.05, 3.63) is 0 Å². The summed E-state index contributed by atoms with van der Waals surface area (Å²) in [4.78, 5) is 35.6. The van der Waals surface area contributed by atoms with Crippen LogP contribution in [0.3, 0.4) is 0 Å². The first kappa shape index (κ1) is 21.5. The smallest absolute Gasteiger partial charge is 0.302 e. The minimum absolute atomic E-state index is 0.443. The van der Waals surface area contributed by atoms with E-state index in [-0.39, 0.29) is 0 Å². The highest BCUT2D eigenvalue weighted by Gasteiger charge is 2.45. The highest BCUT2D eigenvalue weighted by Crippen LogP contribution is 2.67. The maximum Gasteiger partial charge on any atom is 0.490 e. The SMILES string of the molecule is CC(C)C1CCC(C)(OP(=O)(O)OP(=O)(O)OP(=O)(O)O)CC1. The molecule has 0 bridgehead atoms. The molecule has 4 N–H and O–H groups in total. The van der Waals surface area contributed by atoms with Gasteiger partial charge in [0.05, 0.1) is 5.60 Å². The van der Waals surface area contributed by atoms with E-state index < -0.39 is 29.1 Å². The third kappa shape index (κ3) is 7.88. The first-order valence-corrected chi connectivity index (χ1v) is 11.5. The van der Waals surface area contributed by atoms with Crippen LogP contribution in [0, 0.1) is 11.8 Å².